The highest BCUT2D eigenvalue weighted by molar-refractivity contribution is 5.78. The van der Waals surface area contributed by atoms with E-state index in [0.29, 0.717) is 6.10 Å². The third kappa shape index (κ3) is 2.99. The van der Waals surface area contributed by atoms with E-state index in [4.69, 9.17) is 19.4 Å². The Bertz CT molecular complexity index is 652. The number of methoxy groups -OCH3 is 1. The van der Waals surface area contributed by atoms with Crippen LogP contribution in [-0.4, -0.2) is 42.9 Å². The average molecular weight is 301 g/mol. The van der Waals surface area contributed by atoms with E-state index >= 15 is 0 Å². The monoisotopic (exact) mass is 301 g/mol. The predicted octanol–water partition coefficient (Wildman–Crippen LogP) is 2.95. The van der Waals surface area contributed by atoms with Gasteiger partial charge in [-0.2, -0.15) is 0 Å². The number of rotatable bonds is 4. The maximum absolute atomic E-state index is 5.72. The number of hydrogen-bond donors (Lipinski definition) is 0. The lowest BCUT2D eigenvalue weighted by Gasteiger charge is -2.33. The third-order valence-corrected chi connectivity index (χ3v) is 4.16. The molecular weight excluding hydrogens is 278 g/mol. The van der Waals surface area contributed by atoms with Gasteiger partial charge in [-0.1, -0.05) is 0 Å². The Morgan fingerprint density at radius 3 is 2.64 bits per heavy atom. The Balaban J connectivity index is 1.84. The summed E-state index contributed by atoms with van der Waals surface area (Å²) in [5.41, 5.74) is 2.76. The Kier molecular flexibility index (Phi) is 4.43. The van der Waals surface area contributed by atoms with E-state index in [1.54, 1.807) is 7.11 Å². The summed E-state index contributed by atoms with van der Waals surface area (Å²) in [7, 11) is 1.67. The molecule has 118 valence electrons. The minimum absolute atomic E-state index is 0.388. The van der Waals surface area contributed by atoms with Gasteiger partial charge in [-0.25, -0.2) is 9.97 Å². The Labute approximate surface area is 131 Å². The van der Waals surface area contributed by atoms with Gasteiger partial charge >= 0.3 is 0 Å². The van der Waals surface area contributed by atoms with Crippen LogP contribution in [0.3, 0.4) is 0 Å². The molecule has 0 spiro atoms. The molecule has 5 heteroatoms. The van der Waals surface area contributed by atoms with Crippen molar-refractivity contribution in [2.75, 3.05) is 31.7 Å². The normalized spacial score (nSPS) is 16.2. The zero-order valence-corrected chi connectivity index (χ0v) is 13.5. The van der Waals surface area contributed by atoms with E-state index in [1.807, 2.05) is 25.1 Å². The minimum Gasteiger partial charge on any atom is -0.497 e. The van der Waals surface area contributed by atoms with Gasteiger partial charge in [0.15, 0.2) is 5.82 Å². The summed E-state index contributed by atoms with van der Waals surface area (Å²) in [5, 5.41) is 0. The fourth-order valence-corrected chi connectivity index (χ4v) is 3.01. The number of anilines is 1. The number of aromatic nitrogens is 2. The summed E-state index contributed by atoms with van der Waals surface area (Å²) in [4.78, 5) is 11.8. The van der Waals surface area contributed by atoms with Crippen LogP contribution in [0.4, 0.5) is 5.82 Å². The fraction of sp³-hybridized carbons (Fsp3) is 0.529. The van der Waals surface area contributed by atoms with Gasteiger partial charge in [0.25, 0.3) is 0 Å². The molecule has 3 rings (SSSR count). The number of benzene rings is 1. The molecule has 0 saturated carbocycles. The first-order valence-electron chi connectivity index (χ1n) is 7.90. The van der Waals surface area contributed by atoms with Gasteiger partial charge in [-0.3, -0.25) is 0 Å². The van der Waals surface area contributed by atoms with E-state index in [2.05, 4.69) is 11.8 Å². The number of nitrogens with zero attached hydrogens (tertiary/aromatic N) is 3. The van der Waals surface area contributed by atoms with Gasteiger partial charge in [-0.15, -0.1) is 0 Å². The van der Waals surface area contributed by atoms with Crippen LogP contribution < -0.4 is 9.64 Å². The molecule has 1 aliphatic rings. The van der Waals surface area contributed by atoms with Crippen molar-refractivity contribution in [3.8, 4) is 5.75 Å². The van der Waals surface area contributed by atoms with Crippen LogP contribution in [0.15, 0.2) is 18.2 Å². The molecule has 5 nitrogen and oxygen atoms in total. The topological polar surface area (TPSA) is 47.5 Å². The molecule has 0 bridgehead atoms. The van der Waals surface area contributed by atoms with Crippen LogP contribution >= 0.6 is 0 Å². The molecule has 1 aromatic heterocycles. The molecule has 2 aromatic rings. The second kappa shape index (κ2) is 6.48. The Hall–Kier alpha value is -1.88. The molecule has 1 aliphatic heterocycles. The molecule has 0 N–H and O–H groups in total. The highest BCUT2D eigenvalue weighted by atomic mass is 16.5. The lowest BCUT2D eigenvalue weighted by Crippen LogP contribution is -2.38. The zero-order chi connectivity index (χ0) is 15.5. The lowest BCUT2D eigenvalue weighted by molar-refractivity contribution is 0.0458. The molecule has 1 aromatic carbocycles. The maximum atomic E-state index is 5.72. The molecule has 0 radical (unpaired) electrons. The standard InChI is InChI=1S/C17H23N3O2/c1-4-22-13-7-9-20(10-8-13)17-12(2)18-16-11-14(21-3)5-6-15(16)19-17/h5-6,11,13H,4,7-10H2,1-3H3. The minimum atomic E-state index is 0.388. The van der Waals surface area contributed by atoms with Crippen molar-refractivity contribution in [3.05, 3.63) is 23.9 Å². The molecule has 1 saturated heterocycles. The van der Waals surface area contributed by atoms with E-state index < -0.39 is 0 Å². The number of hydrogen-bond acceptors (Lipinski definition) is 5. The van der Waals surface area contributed by atoms with Crippen molar-refractivity contribution in [2.24, 2.45) is 0 Å². The van der Waals surface area contributed by atoms with Crippen LogP contribution in [0, 0.1) is 6.92 Å². The zero-order valence-electron chi connectivity index (χ0n) is 13.5. The van der Waals surface area contributed by atoms with Crippen LogP contribution in [0.5, 0.6) is 5.75 Å². The van der Waals surface area contributed by atoms with E-state index in [-0.39, 0.29) is 0 Å². The van der Waals surface area contributed by atoms with Crippen LogP contribution in [0.1, 0.15) is 25.5 Å². The molecule has 2 heterocycles. The summed E-state index contributed by atoms with van der Waals surface area (Å²) >= 11 is 0. The molecule has 0 amide bonds. The van der Waals surface area contributed by atoms with Gasteiger partial charge in [-0.05, 0) is 38.8 Å². The Morgan fingerprint density at radius 1 is 1.18 bits per heavy atom. The van der Waals surface area contributed by atoms with Crippen molar-refractivity contribution < 1.29 is 9.47 Å². The maximum Gasteiger partial charge on any atom is 0.150 e. The van der Waals surface area contributed by atoms with Crippen molar-refractivity contribution >= 4 is 16.9 Å². The van der Waals surface area contributed by atoms with E-state index in [9.17, 15) is 0 Å². The molecular formula is C17H23N3O2. The second-order valence-electron chi connectivity index (χ2n) is 5.63. The predicted molar refractivity (Wildman–Crippen MR) is 87.7 cm³/mol. The van der Waals surface area contributed by atoms with Gasteiger partial charge in [0.1, 0.15) is 5.75 Å². The fourth-order valence-electron chi connectivity index (χ4n) is 3.01. The first-order chi connectivity index (χ1) is 10.7. The molecule has 0 aliphatic carbocycles. The van der Waals surface area contributed by atoms with Gasteiger partial charge < -0.3 is 14.4 Å². The van der Waals surface area contributed by atoms with E-state index in [1.165, 1.54) is 0 Å². The first-order valence-corrected chi connectivity index (χ1v) is 7.90. The highest BCUT2D eigenvalue weighted by Crippen LogP contribution is 2.26. The SMILES string of the molecule is CCOC1CCN(c2nc3ccc(OC)cc3nc2C)CC1. The molecule has 0 unspecified atom stereocenters. The van der Waals surface area contributed by atoms with Gasteiger partial charge in [0, 0.05) is 25.8 Å². The first kappa shape index (κ1) is 15.0. The van der Waals surface area contributed by atoms with Crippen LogP contribution in [0.2, 0.25) is 0 Å². The second-order valence-corrected chi connectivity index (χ2v) is 5.63. The van der Waals surface area contributed by atoms with Crippen molar-refractivity contribution in [1.29, 1.82) is 0 Å². The van der Waals surface area contributed by atoms with Crippen LogP contribution in [-0.2, 0) is 4.74 Å². The largest absolute Gasteiger partial charge is 0.497 e. The van der Waals surface area contributed by atoms with Crippen LogP contribution in [0.25, 0.3) is 11.0 Å². The smallest absolute Gasteiger partial charge is 0.150 e. The van der Waals surface area contributed by atoms with Gasteiger partial charge in [0.05, 0.1) is 29.9 Å². The summed E-state index contributed by atoms with van der Waals surface area (Å²) in [6.07, 6.45) is 2.49. The molecule has 0 atom stereocenters. The molecule has 22 heavy (non-hydrogen) atoms. The number of fused-ring (bicyclic) bond motifs is 1. The quantitative estimate of drug-likeness (QED) is 0.869. The summed E-state index contributed by atoms with van der Waals surface area (Å²) in [6.45, 7) is 6.82. The number of aryl methyl sites for hydroxylation is 1. The van der Waals surface area contributed by atoms with Crippen molar-refractivity contribution in [2.45, 2.75) is 32.8 Å². The lowest BCUT2D eigenvalue weighted by atomic mass is 10.1. The van der Waals surface area contributed by atoms with Crippen molar-refractivity contribution in [1.82, 2.24) is 9.97 Å². The number of piperidine rings is 1. The van der Waals surface area contributed by atoms with Crippen molar-refractivity contribution in [3.63, 3.8) is 0 Å². The molecule has 1 fully saturated rings. The summed E-state index contributed by atoms with van der Waals surface area (Å²) in [6, 6.07) is 5.83. The number of ether oxygens (including phenoxy) is 2. The highest BCUT2D eigenvalue weighted by Gasteiger charge is 2.22. The van der Waals surface area contributed by atoms with E-state index in [0.717, 1.165) is 60.8 Å². The Morgan fingerprint density at radius 2 is 1.95 bits per heavy atom. The average Bonchev–Trinajstić information content (AvgIpc) is 2.55. The third-order valence-electron chi connectivity index (χ3n) is 4.16. The van der Waals surface area contributed by atoms with Gasteiger partial charge in [0.2, 0.25) is 0 Å². The summed E-state index contributed by atoms with van der Waals surface area (Å²) < 4.78 is 11.0. The summed E-state index contributed by atoms with van der Waals surface area (Å²) in [5.74, 6) is 1.80.